The van der Waals surface area contributed by atoms with Gasteiger partial charge in [-0.25, -0.2) is 0 Å². The summed E-state index contributed by atoms with van der Waals surface area (Å²) in [4.78, 5) is 25.7. The third-order valence-corrected chi connectivity index (χ3v) is 2.41. The van der Waals surface area contributed by atoms with E-state index >= 15 is 0 Å². The van der Waals surface area contributed by atoms with Gasteiger partial charge in [-0.3, -0.25) is 9.59 Å². The lowest BCUT2D eigenvalue weighted by molar-refractivity contribution is -0.159. The molecule has 4 heteroatoms. The van der Waals surface area contributed by atoms with Gasteiger partial charge in [0.15, 0.2) is 0 Å². The molecule has 1 aliphatic heterocycles. The van der Waals surface area contributed by atoms with Gasteiger partial charge in [-0.2, -0.15) is 0 Å². The number of piperazine rings is 1. The van der Waals surface area contributed by atoms with Crippen LogP contribution in [-0.4, -0.2) is 46.2 Å². The van der Waals surface area contributed by atoms with E-state index in [1.54, 1.807) is 13.8 Å². The van der Waals surface area contributed by atoms with E-state index in [-0.39, 0.29) is 0 Å². The molecule has 1 rings (SSSR count). The summed E-state index contributed by atoms with van der Waals surface area (Å²) in [5.41, 5.74) is -1.43. The maximum atomic E-state index is 12.4. The van der Waals surface area contributed by atoms with E-state index in [4.69, 9.17) is 5.48 Å². The highest BCUT2D eigenvalue weighted by atomic mass is 16.2. The van der Waals surface area contributed by atoms with E-state index in [0.29, 0.717) is 4.90 Å². The number of amides is 2. The third kappa shape index (κ3) is 1.98. The summed E-state index contributed by atoms with van der Waals surface area (Å²) in [7, 11) is 0. The van der Waals surface area contributed by atoms with Crippen molar-refractivity contribution in [2.75, 3.05) is 13.0 Å². The maximum absolute atomic E-state index is 12.4. The van der Waals surface area contributed by atoms with E-state index in [0.717, 1.165) is 11.8 Å². The Morgan fingerprint density at radius 1 is 1.47 bits per heavy atom. The first kappa shape index (κ1) is 7.25. The Hall–Kier alpha value is -1.06. The summed E-state index contributed by atoms with van der Waals surface area (Å²) >= 11 is 0. The van der Waals surface area contributed by atoms with Crippen molar-refractivity contribution in [3.8, 4) is 0 Å². The normalized spacial score (nSPS) is 31.7. The van der Waals surface area contributed by atoms with Gasteiger partial charge >= 0.3 is 0 Å². The fourth-order valence-electron chi connectivity index (χ4n) is 1.52. The topological polar surface area (TPSA) is 40.6 Å². The van der Waals surface area contributed by atoms with Crippen LogP contribution < -0.4 is 0 Å². The van der Waals surface area contributed by atoms with Crippen LogP contribution in [0.4, 0.5) is 0 Å². The summed E-state index contributed by atoms with van der Waals surface area (Å²) in [6.07, 6.45) is 0. The molecule has 0 unspecified atom stereocenters. The number of hydrogen-bond donors (Lipinski definition) is 0. The van der Waals surface area contributed by atoms with Crippen molar-refractivity contribution in [3.63, 3.8) is 0 Å². The van der Waals surface area contributed by atoms with Crippen molar-refractivity contribution in [1.29, 1.82) is 0 Å². The smallest absolute Gasteiger partial charge is 0.248 e. The van der Waals surface area contributed by atoms with Crippen molar-refractivity contribution in [2.24, 2.45) is 0 Å². The molecule has 0 spiro atoms. The molecular formula is C11H20N2O2. The van der Waals surface area contributed by atoms with Gasteiger partial charge in [0.2, 0.25) is 11.8 Å². The molecule has 1 aliphatic rings. The Morgan fingerprint density at radius 2 is 2.00 bits per heavy atom. The second-order valence-electron chi connectivity index (χ2n) is 4.41. The zero-order valence-corrected chi connectivity index (χ0v) is 9.79. The summed E-state index contributed by atoms with van der Waals surface area (Å²) < 4.78 is 31.9. The maximum Gasteiger partial charge on any atom is 0.248 e. The largest absolute Gasteiger partial charge is 0.336 e. The molecule has 0 N–H and O–H groups in total. The summed E-state index contributed by atoms with van der Waals surface area (Å²) in [6, 6.07) is -0.508. The molecule has 0 aromatic rings. The number of hydrogen-bond acceptors (Lipinski definition) is 2. The first-order chi connectivity index (χ1) is 8.29. The highest BCUT2D eigenvalue weighted by Gasteiger charge is 2.43. The molecule has 15 heavy (non-hydrogen) atoms. The van der Waals surface area contributed by atoms with Gasteiger partial charge in [-0.05, 0) is 27.7 Å². The van der Waals surface area contributed by atoms with Gasteiger partial charge in [0.1, 0.15) is 5.54 Å². The zero-order valence-electron chi connectivity index (χ0n) is 13.8. The number of rotatable bonds is 1. The van der Waals surface area contributed by atoms with Crippen LogP contribution in [0.25, 0.3) is 0 Å². The monoisotopic (exact) mass is 216 g/mol. The lowest BCUT2D eigenvalue weighted by Gasteiger charge is -2.46. The minimum absolute atomic E-state index is 0.508. The van der Waals surface area contributed by atoms with E-state index < -0.39 is 36.4 Å². The molecule has 2 amide bonds. The lowest BCUT2D eigenvalue weighted by atomic mass is 9.96. The first-order valence-corrected chi connectivity index (χ1v) is 4.94. The van der Waals surface area contributed by atoms with Crippen molar-refractivity contribution < 1.29 is 15.1 Å². The van der Waals surface area contributed by atoms with Crippen LogP contribution in [0.15, 0.2) is 0 Å². The molecule has 1 heterocycles. The summed E-state index contributed by atoms with van der Waals surface area (Å²) in [6.45, 7) is 2.04. The predicted octanol–water partition coefficient (Wildman–Crippen LogP) is 0.864. The van der Waals surface area contributed by atoms with Gasteiger partial charge in [0.05, 0.1) is 5.48 Å². The van der Waals surface area contributed by atoms with Crippen molar-refractivity contribution in [3.05, 3.63) is 0 Å². The van der Waals surface area contributed by atoms with Gasteiger partial charge < -0.3 is 9.80 Å². The second kappa shape index (κ2) is 3.83. The fraction of sp³-hybridized carbons (Fsp3) is 0.818. The third-order valence-electron chi connectivity index (χ3n) is 2.41. The van der Waals surface area contributed by atoms with Gasteiger partial charge in [-0.1, -0.05) is 0 Å². The molecule has 1 saturated heterocycles. The molecule has 4 nitrogen and oxygen atoms in total. The number of nitrogens with zero attached hydrogens (tertiary/aromatic N) is 2. The Bertz CT molecular complexity index is 421. The predicted molar refractivity (Wildman–Crippen MR) is 58.3 cm³/mol. The fourth-order valence-corrected chi connectivity index (χ4v) is 1.52. The SMILES string of the molecule is [2H]C1([2H])N(C(C)C)C(=O)C(C)(C)N(C(C)=O)C1([2H])[2H]. The van der Waals surface area contributed by atoms with Gasteiger partial charge in [0, 0.05) is 26.0 Å². The molecular weight excluding hydrogens is 192 g/mol. The Balaban J connectivity index is 3.54. The first-order valence-electron chi connectivity index (χ1n) is 6.94. The Labute approximate surface area is 96.8 Å². The summed E-state index contributed by atoms with van der Waals surface area (Å²) in [5.74, 6) is -1.27. The molecule has 0 saturated carbocycles. The van der Waals surface area contributed by atoms with Crippen LogP contribution in [0, 0.1) is 0 Å². The molecule has 0 radical (unpaired) electrons. The molecule has 0 aromatic carbocycles. The van der Waals surface area contributed by atoms with E-state index in [1.165, 1.54) is 13.8 Å². The molecule has 1 fully saturated rings. The van der Waals surface area contributed by atoms with Gasteiger partial charge in [0.25, 0.3) is 0 Å². The molecule has 0 aromatic heterocycles. The van der Waals surface area contributed by atoms with Crippen LogP contribution in [0.2, 0.25) is 0 Å². The van der Waals surface area contributed by atoms with Crippen LogP contribution in [0.5, 0.6) is 0 Å². The van der Waals surface area contributed by atoms with Gasteiger partial charge in [-0.15, -0.1) is 0 Å². The minimum atomic E-state index is -2.60. The molecule has 0 atom stereocenters. The number of carbonyl (C=O) groups excluding carboxylic acids is 2. The minimum Gasteiger partial charge on any atom is -0.336 e. The summed E-state index contributed by atoms with van der Waals surface area (Å²) in [5, 5.41) is 0. The molecule has 0 aliphatic carbocycles. The standard InChI is InChI=1S/C11H20N2O2/c1-8(2)12-6-7-13(9(3)14)11(4,5)10(12)15/h8H,6-7H2,1-5H3/i6D2,7D2. The van der Waals surface area contributed by atoms with Crippen molar-refractivity contribution >= 4 is 11.8 Å². The quantitative estimate of drug-likeness (QED) is 0.652. The van der Waals surface area contributed by atoms with Crippen molar-refractivity contribution in [1.82, 2.24) is 9.80 Å². The van der Waals surface area contributed by atoms with Crippen LogP contribution in [-0.2, 0) is 9.59 Å². The average molecular weight is 216 g/mol. The highest BCUT2D eigenvalue weighted by Crippen LogP contribution is 2.23. The van der Waals surface area contributed by atoms with E-state index in [1.807, 2.05) is 0 Å². The Morgan fingerprint density at radius 3 is 2.40 bits per heavy atom. The Kier molecular flexibility index (Phi) is 1.85. The average Bonchev–Trinajstić information content (AvgIpc) is 2.12. The van der Waals surface area contributed by atoms with Crippen molar-refractivity contribution in [2.45, 2.75) is 46.2 Å². The van der Waals surface area contributed by atoms with E-state index in [2.05, 4.69) is 0 Å². The highest BCUT2D eigenvalue weighted by molar-refractivity contribution is 5.91. The molecule has 0 bridgehead atoms. The van der Waals surface area contributed by atoms with E-state index in [9.17, 15) is 9.59 Å². The van der Waals surface area contributed by atoms with Crippen LogP contribution in [0.1, 0.15) is 40.1 Å². The second-order valence-corrected chi connectivity index (χ2v) is 4.41. The molecule has 86 valence electrons. The number of carbonyl (C=O) groups is 2. The van der Waals surface area contributed by atoms with Crippen LogP contribution >= 0.6 is 0 Å². The lowest BCUT2D eigenvalue weighted by Crippen LogP contribution is -2.65. The van der Waals surface area contributed by atoms with Crippen LogP contribution in [0.3, 0.4) is 0 Å². The zero-order chi connectivity index (χ0) is 15.4.